The Balaban J connectivity index is 2.31. The van der Waals surface area contributed by atoms with Gasteiger partial charge in [0.15, 0.2) is 8.32 Å². The van der Waals surface area contributed by atoms with Gasteiger partial charge in [-0.15, -0.1) is 0 Å². The highest BCUT2D eigenvalue weighted by Gasteiger charge is 2.41. The van der Waals surface area contributed by atoms with Gasteiger partial charge in [0.25, 0.3) is 0 Å². The number of hydrogen-bond donors (Lipinski definition) is 1. The van der Waals surface area contributed by atoms with E-state index in [1.807, 2.05) is 7.05 Å². The summed E-state index contributed by atoms with van der Waals surface area (Å²) in [5.41, 5.74) is 0. The van der Waals surface area contributed by atoms with Crippen molar-refractivity contribution >= 4 is 8.32 Å². The van der Waals surface area contributed by atoms with Gasteiger partial charge >= 0.3 is 0 Å². The van der Waals surface area contributed by atoms with Crippen LogP contribution in [0.3, 0.4) is 0 Å². The average Bonchev–Trinajstić information content (AvgIpc) is 2.77. The number of rotatable bonds is 4. The van der Waals surface area contributed by atoms with Gasteiger partial charge in [-0.1, -0.05) is 20.8 Å². The van der Waals surface area contributed by atoms with Crippen molar-refractivity contribution in [1.29, 1.82) is 0 Å². The van der Waals surface area contributed by atoms with E-state index in [9.17, 15) is 0 Å². The Morgan fingerprint density at radius 1 is 1.36 bits per heavy atom. The molecular weight excluding hydrogens is 190 g/mol. The Bertz CT molecular complexity index is 198. The highest BCUT2D eigenvalue weighted by atomic mass is 28.4. The van der Waals surface area contributed by atoms with Gasteiger partial charge < -0.3 is 9.74 Å². The zero-order valence-electron chi connectivity index (χ0n) is 10.5. The first kappa shape index (κ1) is 12.2. The minimum atomic E-state index is -1.50. The Labute approximate surface area is 89.6 Å². The maximum absolute atomic E-state index is 6.15. The molecule has 1 N–H and O–H groups in total. The van der Waals surface area contributed by atoms with Gasteiger partial charge in [-0.3, -0.25) is 0 Å². The van der Waals surface area contributed by atoms with E-state index in [4.69, 9.17) is 4.43 Å². The van der Waals surface area contributed by atoms with Gasteiger partial charge in [-0.2, -0.15) is 0 Å². The van der Waals surface area contributed by atoms with Crippen LogP contribution in [0.15, 0.2) is 0 Å². The second-order valence-corrected chi connectivity index (χ2v) is 10.8. The Kier molecular flexibility index (Phi) is 3.44. The van der Waals surface area contributed by atoms with Crippen LogP contribution >= 0.6 is 0 Å². The molecule has 0 radical (unpaired) electrons. The highest BCUT2D eigenvalue weighted by molar-refractivity contribution is 6.74. The standard InChI is InChI=1S/C11H25NOSi/c1-11(2,3)14(5,6)13-8-9-7-10(9)12-4/h9-10,12H,7-8H2,1-6H3/t9-,10-/m1/s1. The molecule has 0 aromatic rings. The summed E-state index contributed by atoms with van der Waals surface area (Å²) in [4.78, 5) is 0. The van der Waals surface area contributed by atoms with Crippen molar-refractivity contribution in [2.75, 3.05) is 13.7 Å². The van der Waals surface area contributed by atoms with Gasteiger partial charge in [0.2, 0.25) is 0 Å². The quantitative estimate of drug-likeness (QED) is 0.728. The van der Waals surface area contributed by atoms with Crippen LogP contribution in [-0.4, -0.2) is 28.0 Å². The summed E-state index contributed by atoms with van der Waals surface area (Å²) < 4.78 is 6.15. The molecule has 1 aliphatic rings. The molecule has 0 spiro atoms. The third-order valence-electron chi connectivity index (χ3n) is 3.76. The molecule has 1 aliphatic carbocycles. The maximum Gasteiger partial charge on any atom is 0.191 e. The van der Waals surface area contributed by atoms with Crippen LogP contribution in [0.2, 0.25) is 18.1 Å². The maximum atomic E-state index is 6.15. The summed E-state index contributed by atoms with van der Waals surface area (Å²) in [5.74, 6) is 0.772. The molecule has 0 unspecified atom stereocenters. The molecule has 1 rings (SSSR count). The van der Waals surface area contributed by atoms with Crippen LogP contribution in [0.4, 0.5) is 0 Å². The van der Waals surface area contributed by atoms with Gasteiger partial charge in [0.1, 0.15) is 0 Å². The van der Waals surface area contributed by atoms with Crippen molar-refractivity contribution in [3.63, 3.8) is 0 Å². The summed E-state index contributed by atoms with van der Waals surface area (Å²) in [6, 6.07) is 0.722. The molecule has 3 heteroatoms. The Morgan fingerprint density at radius 2 is 1.93 bits per heavy atom. The van der Waals surface area contributed by atoms with Crippen LogP contribution in [0.1, 0.15) is 27.2 Å². The fraction of sp³-hybridized carbons (Fsp3) is 1.00. The van der Waals surface area contributed by atoms with Gasteiger partial charge in [0, 0.05) is 12.6 Å². The van der Waals surface area contributed by atoms with Crippen molar-refractivity contribution in [2.24, 2.45) is 5.92 Å². The first-order valence-corrected chi connectivity index (χ1v) is 8.50. The zero-order chi connectivity index (χ0) is 11.0. The summed E-state index contributed by atoms with van der Waals surface area (Å²) in [7, 11) is 0.541. The van der Waals surface area contributed by atoms with E-state index in [1.54, 1.807) is 0 Å². The first-order chi connectivity index (χ1) is 6.28. The smallest absolute Gasteiger partial charge is 0.191 e. The van der Waals surface area contributed by atoms with Gasteiger partial charge in [-0.25, -0.2) is 0 Å². The van der Waals surface area contributed by atoms with Crippen molar-refractivity contribution in [2.45, 2.75) is 51.4 Å². The van der Waals surface area contributed by atoms with Crippen LogP contribution in [0, 0.1) is 5.92 Å². The first-order valence-electron chi connectivity index (χ1n) is 5.59. The van der Waals surface area contributed by atoms with E-state index in [0.29, 0.717) is 5.04 Å². The molecule has 0 heterocycles. The lowest BCUT2D eigenvalue weighted by atomic mass is 10.2. The predicted molar refractivity (Wildman–Crippen MR) is 64.1 cm³/mol. The number of hydrogen-bond acceptors (Lipinski definition) is 2. The highest BCUT2D eigenvalue weighted by Crippen LogP contribution is 2.39. The minimum absolute atomic E-state index is 0.344. The van der Waals surface area contributed by atoms with Crippen molar-refractivity contribution < 1.29 is 4.43 Å². The van der Waals surface area contributed by atoms with E-state index in [1.165, 1.54) is 6.42 Å². The van der Waals surface area contributed by atoms with Crippen molar-refractivity contribution in [1.82, 2.24) is 5.32 Å². The van der Waals surface area contributed by atoms with Crippen LogP contribution in [0.25, 0.3) is 0 Å². The molecule has 1 saturated carbocycles. The summed E-state index contributed by atoms with van der Waals surface area (Å²) in [5, 5.41) is 3.64. The monoisotopic (exact) mass is 215 g/mol. The van der Waals surface area contributed by atoms with Crippen molar-refractivity contribution in [3.8, 4) is 0 Å². The summed E-state index contributed by atoms with van der Waals surface area (Å²) >= 11 is 0. The minimum Gasteiger partial charge on any atom is -0.416 e. The zero-order valence-corrected chi connectivity index (χ0v) is 11.5. The molecule has 0 saturated heterocycles. The molecule has 14 heavy (non-hydrogen) atoms. The normalized spacial score (nSPS) is 27.9. The largest absolute Gasteiger partial charge is 0.416 e. The molecule has 0 bridgehead atoms. The average molecular weight is 215 g/mol. The topological polar surface area (TPSA) is 21.3 Å². The third kappa shape index (κ3) is 2.81. The molecular formula is C11H25NOSi. The summed E-state index contributed by atoms with van der Waals surface area (Å²) in [6.45, 7) is 12.5. The second-order valence-electron chi connectivity index (χ2n) is 5.96. The van der Waals surface area contributed by atoms with Crippen LogP contribution < -0.4 is 5.32 Å². The van der Waals surface area contributed by atoms with E-state index in [0.717, 1.165) is 18.6 Å². The lowest BCUT2D eigenvalue weighted by Gasteiger charge is -2.36. The molecule has 84 valence electrons. The molecule has 1 fully saturated rings. The molecule has 2 atom stereocenters. The van der Waals surface area contributed by atoms with E-state index in [2.05, 4.69) is 39.2 Å². The van der Waals surface area contributed by atoms with Crippen LogP contribution in [-0.2, 0) is 4.43 Å². The predicted octanol–water partition coefficient (Wildman–Crippen LogP) is 2.62. The molecule has 2 nitrogen and oxygen atoms in total. The summed E-state index contributed by atoms with van der Waals surface area (Å²) in [6.07, 6.45) is 1.30. The lowest BCUT2D eigenvalue weighted by Crippen LogP contribution is -2.41. The Morgan fingerprint density at radius 3 is 2.29 bits per heavy atom. The SMILES string of the molecule is CN[C@@H]1C[C@@H]1CO[Si](C)(C)C(C)(C)C. The van der Waals surface area contributed by atoms with E-state index in [-0.39, 0.29) is 0 Å². The fourth-order valence-corrected chi connectivity index (χ4v) is 2.38. The lowest BCUT2D eigenvalue weighted by molar-refractivity contribution is 0.268. The van der Waals surface area contributed by atoms with E-state index >= 15 is 0 Å². The molecule has 0 aromatic carbocycles. The molecule has 0 amide bonds. The molecule has 0 aliphatic heterocycles. The van der Waals surface area contributed by atoms with Crippen LogP contribution in [0.5, 0.6) is 0 Å². The fourth-order valence-electron chi connectivity index (χ4n) is 1.32. The molecule has 0 aromatic heterocycles. The third-order valence-corrected chi connectivity index (χ3v) is 8.26. The Hall–Kier alpha value is 0.137. The van der Waals surface area contributed by atoms with Gasteiger partial charge in [0.05, 0.1) is 0 Å². The van der Waals surface area contributed by atoms with Gasteiger partial charge in [-0.05, 0) is 37.5 Å². The van der Waals surface area contributed by atoms with E-state index < -0.39 is 8.32 Å². The number of nitrogens with one attached hydrogen (secondary N) is 1. The second kappa shape index (κ2) is 3.95. The van der Waals surface area contributed by atoms with Crippen molar-refractivity contribution in [3.05, 3.63) is 0 Å².